The summed E-state index contributed by atoms with van der Waals surface area (Å²) in [5, 5.41) is 3.01. The summed E-state index contributed by atoms with van der Waals surface area (Å²) >= 11 is 0. The predicted molar refractivity (Wildman–Crippen MR) is 92.7 cm³/mol. The van der Waals surface area contributed by atoms with Gasteiger partial charge in [-0.05, 0) is 37.0 Å². The Morgan fingerprint density at radius 3 is 2.48 bits per heavy atom. The van der Waals surface area contributed by atoms with Crippen LogP contribution in [0.25, 0.3) is 0 Å². The zero-order valence-electron chi connectivity index (χ0n) is 13.7. The fraction of sp³-hybridized carbons (Fsp3) is 0.562. The molecule has 0 spiro atoms. The molecule has 0 aromatic heterocycles. The number of rotatable bonds is 6. The SMILES string of the molecule is CCCNC(N)=NCc1ccc(S(=O)(=O)N2CCCCC2)cc1. The van der Waals surface area contributed by atoms with E-state index < -0.39 is 10.0 Å². The number of hydrogen-bond acceptors (Lipinski definition) is 3. The lowest BCUT2D eigenvalue weighted by Crippen LogP contribution is -2.35. The van der Waals surface area contributed by atoms with Gasteiger partial charge in [-0.2, -0.15) is 4.31 Å². The van der Waals surface area contributed by atoms with Crippen LogP contribution in [0.15, 0.2) is 34.2 Å². The molecule has 0 amide bonds. The second-order valence-corrected chi connectivity index (χ2v) is 7.67. The molecule has 1 aliphatic rings. The molecule has 0 radical (unpaired) electrons. The number of sulfonamides is 1. The largest absolute Gasteiger partial charge is 0.370 e. The highest BCUT2D eigenvalue weighted by molar-refractivity contribution is 7.89. The molecule has 1 fully saturated rings. The van der Waals surface area contributed by atoms with Gasteiger partial charge in [0.05, 0.1) is 11.4 Å². The molecule has 1 aromatic rings. The third-order valence-corrected chi connectivity index (χ3v) is 5.78. The molecule has 3 N–H and O–H groups in total. The Labute approximate surface area is 138 Å². The van der Waals surface area contributed by atoms with Crippen molar-refractivity contribution in [2.24, 2.45) is 10.7 Å². The molecule has 6 nitrogen and oxygen atoms in total. The van der Waals surface area contributed by atoms with Crippen LogP contribution in [0.4, 0.5) is 0 Å². The number of aliphatic imine (C=N–C) groups is 1. The number of piperidine rings is 1. The number of hydrogen-bond donors (Lipinski definition) is 2. The lowest BCUT2D eigenvalue weighted by Gasteiger charge is -2.25. The van der Waals surface area contributed by atoms with E-state index in [4.69, 9.17) is 5.73 Å². The topological polar surface area (TPSA) is 87.8 Å². The third kappa shape index (κ3) is 4.94. The molecule has 0 unspecified atom stereocenters. The van der Waals surface area contributed by atoms with E-state index in [9.17, 15) is 8.42 Å². The van der Waals surface area contributed by atoms with Crippen LogP contribution in [-0.2, 0) is 16.6 Å². The van der Waals surface area contributed by atoms with Gasteiger partial charge in [0, 0.05) is 19.6 Å². The van der Waals surface area contributed by atoms with Crippen molar-refractivity contribution in [2.75, 3.05) is 19.6 Å². The first-order chi connectivity index (χ1) is 11.0. The van der Waals surface area contributed by atoms with Gasteiger partial charge in [0.25, 0.3) is 0 Å². The Morgan fingerprint density at radius 1 is 1.22 bits per heavy atom. The average Bonchev–Trinajstić information content (AvgIpc) is 2.59. The summed E-state index contributed by atoms with van der Waals surface area (Å²) in [4.78, 5) is 4.59. The van der Waals surface area contributed by atoms with Crippen LogP contribution in [0.5, 0.6) is 0 Å². The van der Waals surface area contributed by atoms with Crippen LogP contribution in [0.2, 0.25) is 0 Å². The van der Waals surface area contributed by atoms with Gasteiger partial charge in [0.2, 0.25) is 10.0 Å². The minimum absolute atomic E-state index is 0.351. The van der Waals surface area contributed by atoms with E-state index in [2.05, 4.69) is 17.2 Å². The molecule has 0 saturated carbocycles. The standard InChI is InChI=1S/C16H26N4O2S/c1-2-10-18-16(17)19-13-14-6-8-15(9-7-14)23(21,22)20-11-4-3-5-12-20/h6-9H,2-5,10-13H2,1H3,(H3,17,18,19). The van der Waals surface area contributed by atoms with Crippen molar-refractivity contribution in [3.8, 4) is 0 Å². The first-order valence-electron chi connectivity index (χ1n) is 8.17. The van der Waals surface area contributed by atoms with Crippen molar-refractivity contribution in [3.63, 3.8) is 0 Å². The van der Waals surface area contributed by atoms with Crippen LogP contribution in [-0.4, -0.2) is 38.3 Å². The van der Waals surface area contributed by atoms with E-state index in [1.807, 2.05) is 0 Å². The smallest absolute Gasteiger partial charge is 0.243 e. The second kappa shape index (κ2) is 8.31. The molecule has 7 heteroatoms. The Hall–Kier alpha value is -1.60. The normalized spacial score (nSPS) is 17.2. The monoisotopic (exact) mass is 338 g/mol. The summed E-state index contributed by atoms with van der Waals surface area (Å²) in [6.07, 6.45) is 3.97. The highest BCUT2D eigenvalue weighted by Crippen LogP contribution is 2.20. The molecular formula is C16H26N4O2S. The Morgan fingerprint density at radius 2 is 1.87 bits per heavy atom. The molecule has 128 valence electrons. The first kappa shape index (κ1) is 17.7. The number of nitrogens with zero attached hydrogens (tertiary/aromatic N) is 2. The van der Waals surface area contributed by atoms with Gasteiger partial charge in [-0.25, -0.2) is 13.4 Å². The Balaban J connectivity index is 2.01. The summed E-state index contributed by atoms with van der Waals surface area (Å²) in [7, 11) is -3.36. The summed E-state index contributed by atoms with van der Waals surface area (Å²) < 4.78 is 26.7. The Kier molecular flexibility index (Phi) is 6.41. The fourth-order valence-electron chi connectivity index (χ4n) is 2.51. The van der Waals surface area contributed by atoms with Crippen molar-refractivity contribution < 1.29 is 8.42 Å². The van der Waals surface area contributed by atoms with E-state index in [1.54, 1.807) is 28.6 Å². The predicted octanol–water partition coefficient (Wildman–Crippen LogP) is 1.68. The van der Waals surface area contributed by atoms with Crippen molar-refractivity contribution in [3.05, 3.63) is 29.8 Å². The van der Waals surface area contributed by atoms with Gasteiger partial charge < -0.3 is 11.1 Å². The van der Waals surface area contributed by atoms with Gasteiger partial charge in [-0.15, -0.1) is 0 Å². The number of benzene rings is 1. The van der Waals surface area contributed by atoms with Crippen molar-refractivity contribution >= 4 is 16.0 Å². The maximum absolute atomic E-state index is 12.6. The molecule has 1 heterocycles. The maximum Gasteiger partial charge on any atom is 0.243 e. The highest BCUT2D eigenvalue weighted by Gasteiger charge is 2.25. The maximum atomic E-state index is 12.6. The summed E-state index contributed by atoms with van der Waals surface area (Å²) in [6, 6.07) is 6.91. The third-order valence-electron chi connectivity index (χ3n) is 3.86. The van der Waals surface area contributed by atoms with Gasteiger partial charge in [-0.3, -0.25) is 0 Å². The molecule has 1 aliphatic heterocycles. The Bertz CT molecular complexity index is 620. The van der Waals surface area contributed by atoms with Gasteiger partial charge >= 0.3 is 0 Å². The van der Waals surface area contributed by atoms with Crippen LogP contribution in [0, 0.1) is 0 Å². The molecule has 0 atom stereocenters. The molecule has 0 aliphatic carbocycles. The fourth-order valence-corrected chi connectivity index (χ4v) is 4.02. The number of nitrogens with two attached hydrogens (primary N) is 1. The lowest BCUT2D eigenvalue weighted by molar-refractivity contribution is 0.346. The molecular weight excluding hydrogens is 312 g/mol. The van der Waals surface area contributed by atoms with Crippen LogP contribution in [0.3, 0.4) is 0 Å². The molecule has 1 saturated heterocycles. The zero-order chi connectivity index (χ0) is 16.7. The van der Waals surface area contributed by atoms with E-state index in [0.717, 1.165) is 37.8 Å². The van der Waals surface area contributed by atoms with Crippen LogP contribution < -0.4 is 11.1 Å². The van der Waals surface area contributed by atoms with Crippen LogP contribution >= 0.6 is 0 Å². The van der Waals surface area contributed by atoms with E-state index in [1.165, 1.54) is 0 Å². The second-order valence-electron chi connectivity index (χ2n) is 5.74. The lowest BCUT2D eigenvalue weighted by atomic mass is 10.2. The highest BCUT2D eigenvalue weighted by atomic mass is 32.2. The van der Waals surface area contributed by atoms with Crippen LogP contribution in [0.1, 0.15) is 38.2 Å². The van der Waals surface area contributed by atoms with E-state index >= 15 is 0 Å². The summed E-state index contributed by atoms with van der Waals surface area (Å²) in [5.74, 6) is 0.414. The van der Waals surface area contributed by atoms with Crippen molar-refractivity contribution in [2.45, 2.75) is 44.0 Å². The van der Waals surface area contributed by atoms with Crippen molar-refractivity contribution in [1.29, 1.82) is 0 Å². The minimum atomic E-state index is -3.36. The molecule has 2 rings (SSSR count). The zero-order valence-corrected chi connectivity index (χ0v) is 14.5. The first-order valence-corrected chi connectivity index (χ1v) is 9.61. The van der Waals surface area contributed by atoms with Gasteiger partial charge in [-0.1, -0.05) is 25.5 Å². The number of guanidine groups is 1. The van der Waals surface area contributed by atoms with E-state index in [-0.39, 0.29) is 0 Å². The van der Waals surface area contributed by atoms with Gasteiger partial charge in [0.1, 0.15) is 0 Å². The van der Waals surface area contributed by atoms with Crippen molar-refractivity contribution in [1.82, 2.24) is 9.62 Å². The minimum Gasteiger partial charge on any atom is -0.370 e. The molecule has 0 bridgehead atoms. The molecule has 1 aromatic carbocycles. The summed E-state index contributed by atoms with van der Waals surface area (Å²) in [6.45, 7) is 4.53. The number of nitrogens with one attached hydrogen (secondary N) is 1. The summed E-state index contributed by atoms with van der Waals surface area (Å²) in [5.41, 5.74) is 6.67. The van der Waals surface area contributed by atoms with Gasteiger partial charge in [0.15, 0.2) is 5.96 Å². The average molecular weight is 338 g/mol. The quantitative estimate of drug-likeness (QED) is 0.610. The molecule has 23 heavy (non-hydrogen) atoms. The van der Waals surface area contributed by atoms with E-state index in [0.29, 0.717) is 30.5 Å².